The zero-order valence-electron chi connectivity index (χ0n) is 14.3. The Hall–Kier alpha value is -2.87. The third kappa shape index (κ3) is 5.06. The number of carboxylic acids is 1. The molecule has 8 nitrogen and oxygen atoms in total. The fraction of sp³-hybridized carbons (Fsp3) is 0.294. The minimum atomic E-state index is -1.04. The van der Waals surface area contributed by atoms with E-state index in [9.17, 15) is 14.4 Å². The van der Waals surface area contributed by atoms with Crippen LogP contribution < -0.4 is 10.6 Å². The van der Waals surface area contributed by atoms with Crippen LogP contribution in [0.5, 0.6) is 0 Å². The number of hydrogen-bond acceptors (Lipinski definition) is 4. The molecule has 0 bridgehead atoms. The molecule has 0 saturated carbocycles. The Morgan fingerprint density at radius 1 is 1.23 bits per heavy atom. The predicted molar refractivity (Wildman–Crippen MR) is 96.0 cm³/mol. The third-order valence-corrected chi connectivity index (χ3v) is 3.87. The first kappa shape index (κ1) is 19.5. The van der Waals surface area contributed by atoms with Gasteiger partial charge in [-0.1, -0.05) is 37.6 Å². The van der Waals surface area contributed by atoms with E-state index in [2.05, 4.69) is 15.7 Å². The quantitative estimate of drug-likeness (QED) is 0.682. The van der Waals surface area contributed by atoms with Crippen LogP contribution in [-0.2, 0) is 16.1 Å². The second-order valence-corrected chi connectivity index (χ2v) is 6.36. The summed E-state index contributed by atoms with van der Waals surface area (Å²) in [4.78, 5) is 35.6. The molecule has 1 aromatic heterocycles. The molecule has 138 valence electrons. The van der Waals surface area contributed by atoms with Gasteiger partial charge >= 0.3 is 5.97 Å². The molecule has 2 aromatic rings. The van der Waals surface area contributed by atoms with E-state index in [-0.39, 0.29) is 23.8 Å². The molecule has 2 rings (SSSR count). The van der Waals surface area contributed by atoms with Crippen LogP contribution in [0, 0.1) is 5.92 Å². The minimum Gasteiger partial charge on any atom is -0.480 e. The van der Waals surface area contributed by atoms with Gasteiger partial charge in [0.1, 0.15) is 12.6 Å². The number of hydrogen-bond donors (Lipinski definition) is 3. The molecule has 0 spiro atoms. The molecule has 0 aliphatic carbocycles. The van der Waals surface area contributed by atoms with Gasteiger partial charge in [0.2, 0.25) is 5.91 Å². The van der Waals surface area contributed by atoms with Crippen molar-refractivity contribution in [3.8, 4) is 0 Å². The standard InChI is InChI=1S/C17H19ClN4O4/c1-10(2)15(20-16(25)11-5-3-4-6-12(11)18)17(26)19-13-7-8-22(21-13)9-14(23)24/h3-8,10,15H,9H2,1-2H3,(H,20,25)(H,23,24)(H,19,21,26). The zero-order chi connectivity index (χ0) is 19.3. The molecule has 0 aliphatic heterocycles. The van der Waals surface area contributed by atoms with Crippen molar-refractivity contribution in [3.05, 3.63) is 47.1 Å². The largest absolute Gasteiger partial charge is 0.480 e. The van der Waals surface area contributed by atoms with Gasteiger partial charge in [-0.25, -0.2) is 0 Å². The Morgan fingerprint density at radius 3 is 2.54 bits per heavy atom. The molecule has 0 saturated heterocycles. The SMILES string of the molecule is CC(C)C(NC(=O)c1ccccc1Cl)C(=O)Nc1ccn(CC(=O)O)n1. The number of rotatable bonds is 7. The van der Waals surface area contributed by atoms with E-state index in [1.165, 1.54) is 16.9 Å². The Labute approximate surface area is 155 Å². The first-order valence-corrected chi connectivity index (χ1v) is 8.27. The molecule has 2 amide bonds. The van der Waals surface area contributed by atoms with E-state index in [1.807, 2.05) is 0 Å². The lowest BCUT2D eigenvalue weighted by Crippen LogP contribution is -2.47. The number of anilines is 1. The summed E-state index contributed by atoms with van der Waals surface area (Å²) < 4.78 is 1.19. The zero-order valence-corrected chi connectivity index (χ0v) is 15.0. The number of nitrogens with one attached hydrogen (secondary N) is 2. The summed E-state index contributed by atoms with van der Waals surface area (Å²) >= 11 is 6.01. The summed E-state index contributed by atoms with van der Waals surface area (Å²) in [5.74, 6) is -1.95. The number of halogens is 1. The fourth-order valence-corrected chi connectivity index (χ4v) is 2.48. The van der Waals surface area contributed by atoms with Crippen LogP contribution >= 0.6 is 11.6 Å². The summed E-state index contributed by atoms with van der Waals surface area (Å²) in [6.45, 7) is 3.27. The van der Waals surface area contributed by atoms with E-state index in [0.29, 0.717) is 5.02 Å². The Balaban J connectivity index is 2.07. The second-order valence-electron chi connectivity index (χ2n) is 5.96. The molecule has 1 unspecified atom stereocenters. The van der Waals surface area contributed by atoms with E-state index in [4.69, 9.17) is 16.7 Å². The Bertz CT molecular complexity index is 819. The van der Waals surface area contributed by atoms with Crippen LogP contribution in [0.25, 0.3) is 0 Å². The number of benzene rings is 1. The number of carboxylic acid groups (broad SMARTS) is 1. The maximum Gasteiger partial charge on any atom is 0.325 e. The van der Waals surface area contributed by atoms with Crippen LogP contribution in [0.2, 0.25) is 5.02 Å². The molecule has 1 aromatic carbocycles. The summed E-state index contributed by atoms with van der Waals surface area (Å²) in [5.41, 5.74) is 0.276. The summed E-state index contributed by atoms with van der Waals surface area (Å²) in [7, 11) is 0. The number of aromatic nitrogens is 2. The highest BCUT2D eigenvalue weighted by molar-refractivity contribution is 6.33. The fourth-order valence-electron chi connectivity index (χ4n) is 2.26. The van der Waals surface area contributed by atoms with Gasteiger partial charge < -0.3 is 15.7 Å². The lowest BCUT2D eigenvalue weighted by Gasteiger charge is -2.21. The molecular formula is C17H19ClN4O4. The smallest absolute Gasteiger partial charge is 0.325 e. The highest BCUT2D eigenvalue weighted by Gasteiger charge is 2.26. The van der Waals surface area contributed by atoms with Gasteiger partial charge in [0.25, 0.3) is 5.91 Å². The lowest BCUT2D eigenvalue weighted by atomic mass is 10.0. The van der Waals surface area contributed by atoms with E-state index < -0.39 is 23.8 Å². The van der Waals surface area contributed by atoms with Crippen LogP contribution in [0.15, 0.2) is 36.5 Å². The average Bonchev–Trinajstić information content (AvgIpc) is 2.98. The van der Waals surface area contributed by atoms with Crippen molar-refractivity contribution >= 4 is 35.2 Å². The van der Waals surface area contributed by atoms with Crippen molar-refractivity contribution in [2.45, 2.75) is 26.4 Å². The molecule has 26 heavy (non-hydrogen) atoms. The van der Waals surface area contributed by atoms with Crippen molar-refractivity contribution in [1.82, 2.24) is 15.1 Å². The van der Waals surface area contributed by atoms with Gasteiger partial charge in [-0.15, -0.1) is 0 Å². The number of carbonyl (C=O) groups is 3. The Morgan fingerprint density at radius 2 is 1.92 bits per heavy atom. The molecule has 0 aliphatic rings. The van der Waals surface area contributed by atoms with Gasteiger partial charge in [-0.05, 0) is 18.1 Å². The van der Waals surface area contributed by atoms with E-state index >= 15 is 0 Å². The van der Waals surface area contributed by atoms with Crippen molar-refractivity contribution in [2.24, 2.45) is 5.92 Å². The first-order chi connectivity index (χ1) is 12.3. The topological polar surface area (TPSA) is 113 Å². The average molecular weight is 379 g/mol. The molecule has 0 fully saturated rings. The molecule has 3 N–H and O–H groups in total. The summed E-state index contributed by atoms with van der Waals surface area (Å²) in [6.07, 6.45) is 1.44. The summed E-state index contributed by atoms with van der Waals surface area (Å²) in [6, 6.07) is 7.22. The normalized spacial score (nSPS) is 11.8. The van der Waals surface area contributed by atoms with Crippen LogP contribution in [0.4, 0.5) is 5.82 Å². The molecule has 1 heterocycles. The van der Waals surface area contributed by atoms with Gasteiger partial charge in [-0.3, -0.25) is 19.1 Å². The van der Waals surface area contributed by atoms with Crippen LogP contribution in [0.1, 0.15) is 24.2 Å². The summed E-state index contributed by atoms with van der Waals surface area (Å²) in [5, 5.41) is 18.2. The predicted octanol–water partition coefficient (Wildman–Crippen LogP) is 2.01. The Kier molecular flexibility index (Phi) is 6.35. The van der Waals surface area contributed by atoms with Crippen molar-refractivity contribution in [2.75, 3.05) is 5.32 Å². The molecule has 0 radical (unpaired) electrons. The van der Waals surface area contributed by atoms with Gasteiger partial charge in [0.15, 0.2) is 5.82 Å². The lowest BCUT2D eigenvalue weighted by molar-refractivity contribution is -0.137. The maximum absolute atomic E-state index is 12.5. The monoisotopic (exact) mass is 378 g/mol. The van der Waals surface area contributed by atoms with Crippen molar-refractivity contribution in [3.63, 3.8) is 0 Å². The van der Waals surface area contributed by atoms with Crippen molar-refractivity contribution < 1.29 is 19.5 Å². The van der Waals surface area contributed by atoms with Crippen molar-refractivity contribution in [1.29, 1.82) is 0 Å². The number of carbonyl (C=O) groups excluding carboxylic acids is 2. The number of amides is 2. The molecular weight excluding hydrogens is 360 g/mol. The van der Waals surface area contributed by atoms with Gasteiger partial charge in [0, 0.05) is 12.3 Å². The van der Waals surface area contributed by atoms with Crippen LogP contribution in [0.3, 0.4) is 0 Å². The van der Waals surface area contributed by atoms with E-state index in [1.54, 1.807) is 38.1 Å². The highest BCUT2D eigenvalue weighted by Crippen LogP contribution is 2.16. The van der Waals surface area contributed by atoms with E-state index in [0.717, 1.165) is 0 Å². The molecule has 9 heteroatoms. The van der Waals surface area contributed by atoms with Crippen LogP contribution in [-0.4, -0.2) is 38.7 Å². The first-order valence-electron chi connectivity index (χ1n) is 7.89. The number of nitrogens with zero attached hydrogens (tertiary/aromatic N) is 2. The highest BCUT2D eigenvalue weighted by atomic mass is 35.5. The third-order valence-electron chi connectivity index (χ3n) is 3.54. The number of aliphatic carboxylic acids is 1. The van der Waals surface area contributed by atoms with Gasteiger partial charge in [-0.2, -0.15) is 5.10 Å². The maximum atomic E-state index is 12.5. The molecule has 1 atom stereocenters. The van der Waals surface area contributed by atoms with Gasteiger partial charge in [0.05, 0.1) is 10.6 Å². The second kappa shape index (κ2) is 8.48. The minimum absolute atomic E-state index is 0.192.